The van der Waals surface area contributed by atoms with E-state index >= 15 is 0 Å². The molecule has 0 unspecified atom stereocenters. The first-order valence-corrected chi connectivity index (χ1v) is 7.62. The monoisotopic (exact) mass is 307 g/mol. The molecule has 0 amide bonds. The van der Waals surface area contributed by atoms with Crippen molar-refractivity contribution in [2.45, 2.75) is 39.0 Å². The van der Waals surface area contributed by atoms with Crippen molar-refractivity contribution in [3.05, 3.63) is 29.3 Å². The molecule has 0 aliphatic rings. The largest absolute Gasteiger partial charge is 0.493 e. The van der Waals surface area contributed by atoms with E-state index in [1.54, 1.807) is 25.3 Å². The van der Waals surface area contributed by atoms with Gasteiger partial charge in [0.1, 0.15) is 11.3 Å². The van der Waals surface area contributed by atoms with Gasteiger partial charge in [0.15, 0.2) is 0 Å². The molecule has 5 nitrogen and oxygen atoms in total. The van der Waals surface area contributed by atoms with Gasteiger partial charge in [0.05, 0.1) is 6.61 Å². The Labute approximate surface area is 131 Å². The van der Waals surface area contributed by atoms with Gasteiger partial charge in [0.2, 0.25) is 0 Å². The molecule has 1 aromatic carbocycles. The minimum atomic E-state index is -0.998. The van der Waals surface area contributed by atoms with Gasteiger partial charge in [0.25, 0.3) is 0 Å². The van der Waals surface area contributed by atoms with Crippen LogP contribution in [0.4, 0.5) is 0 Å². The van der Waals surface area contributed by atoms with Crippen LogP contribution in [0.2, 0.25) is 0 Å². The molecule has 0 saturated heterocycles. The van der Waals surface area contributed by atoms with Gasteiger partial charge >= 0.3 is 5.97 Å². The number of carbonyl (C=O) groups is 1. The molecule has 1 aromatic rings. The summed E-state index contributed by atoms with van der Waals surface area (Å²) >= 11 is 0. The number of carboxylic acid groups (broad SMARTS) is 1. The highest BCUT2D eigenvalue weighted by Gasteiger charge is 2.12. The maximum atomic E-state index is 11.3. The second-order valence-electron chi connectivity index (χ2n) is 5.21. The lowest BCUT2D eigenvalue weighted by Crippen LogP contribution is -2.07. The average molecular weight is 307 g/mol. The zero-order chi connectivity index (χ0) is 16.4. The van der Waals surface area contributed by atoms with Gasteiger partial charge in [-0.25, -0.2) is 4.79 Å². The molecule has 0 heterocycles. The molecule has 22 heavy (non-hydrogen) atoms. The zero-order valence-corrected chi connectivity index (χ0v) is 13.4. The van der Waals surface area contributed by atoms with Gasteiger partial charge in [-0.3, -0.25) is 0 Å². The maximum Gasteiger partial charge on any atom is 0.339 e. The Morgan fingerprint density at radius 1 is 1.27 bits per heavy atom. The molecule has 0 aliphatic carbocycles. The summed E-state index contributed by atoms with van der Waals surface area (Å²) in [5.41, 5.74) is 1.73. The van der Waals surface area contributed by atoms with Crippen LogP contribution in [0.15, 0.2) is 18.2 Å². The highest BCUT2D eigenvalue weighted by atomic mass is 16.5. The molecular weight excluding hydrogens is 282 g/mol. The molecule has 0 fully saturated rings. The first kappa shape index (κ1) is 18.2. The Bertz CT molecular complexity index is 499. The van der Waals surface area contributed by atoms with Crippen molar-refractivity contribution in [2.75, 3.05) is 20.3 Å². The third-order valence-corrected chi connectivity index (χ3v) is 3.25. The number of ether oxygens (including phenoxy) is 2. The van der Waals surface area contributed by atoms with Gasteiger partial charge in [-0.1, -0.05) is 19.4 Å². The Hall–Kier alpha value is -1.88. The van der Waals surface area contributed by atoms with Crippen molar-refractivity contribution in [1.29, 1.82) is 5.41 Å². The second-order valence-corrected chi connectivity index (χ2v) is 5.21. The van der Waals surface area contributed by atoms with Crippen LogP contribution < -0.4 is 4.74 Å². The van der Waals surface area contributed by atoms with Crippen LogP contribution in [0, 0.1) is 5.41 Å². The first-order valence-electron chi connectivity index (χ1n) is 7.62. The first-order chi connectivity index (χ1) is 10.6. The smallest absolute Gasteiger partial charge is 0.339 e. The predicted octanol–water partition coefficient (Wildman–Crippen LogP) is 3.55. The van der Waals surface area contributed by atoms with Gasteiger partial charge in [-0.05, 0) is 37.0 Å². The molecule has 0 atom stereocenters. The van der Waals surface area contributed by atoms with E-state index in [-0.39, 0.29) is 5.56 Å². The van der Waals surface area contributed by atoms with Crippen LogP contribution in [0.1, 0.15) is 48.5 Å². The van der Waals surface area contributed by atoms with Crippen molar-refractivity contribution in [3.63, 3.8) is 0 Å². The Morgan fingerprint density at radius 2 is 2.00 bits per heavy atom. The number of methoxy groups -OCH3 is 1. The van der Waals surface area contributed by atoms with Crippen molar-refractivity contribution < 1.29 is 19.4 Å². The van der Waals surface area contributed by atoms with Gasteiger partial charge < -0.3 is 20.0 Å². The topological polar surface area (TPSA) is 79.6 Å². The predicted molar refractivity (Wildman–Crippen MR) is 86.3 cm³/mol. The summed E-state index contributed by atoms with van der Waals surface area (Å²) in [5.74, 6) is -0.617. The summed E-state index contributed by atoms with van der Waals surface area (Å²) in [4.78, 5) is 11.3. The summed E-state index contributed by atoms with van der Waals surface area (Å²) in [6.07, 6.45) is 3.92. The molecular formula is C17H25NO4. The molecule has 2 N–H and O–H groups in total. The molecule has 1 rings (SSSR count). The number of unbranched alkanes of at least 4 members (excludes halogenated alkanes) is 1. The molecule has 0 aliphatic heterocycles. The van der Waals surface area contributed by atoms with E-state index in [0.29, 0.717) is 31.1 Å². The summed E-state index contributed by atoms with van der Waals surface area (Å²) in [7, 11) is 1.65. The fourth-order valence-electron chi connectivity index (χ4n) is 2.14. The SMILES string of the molecule is CCCC(=N)Cc1ccc(C(=O)O)c(OCCCCOC)c1. The molecule has 0 bridgehead atoms. The van der Waals surface area contributed by atoms with Gasteiger partial charge in [-0.2, -0.15) is 0 Å². The fourth-order valence-corrected chi connectivity index (χ4v) is 2.14. The fraction of sp³-hybridized carbons (Fsp3) is 0.529. The minimum absolute atomic E-state index is 0.164. The molecule has 5 heteroatoms. The summed E-state index contributed by atoms with van der Waals surface area (Å²) in [5, 5.41) is 17.1. The van der Waals surface area contributed by atoms with E-state index in [0.717, 1.165) is 31.2 Å². The standard InChI is InChI=1S/C17H25NO4/c1-3-6-14(18)11-13-7-8-15(17(19)20)16(12-13)22-10-5-4-9-21-2/h7-8,12,18H,3-6,9-11H2,1-2H3,(H,19,20). The van der Waals surface area contributed by atoms with E-state index in [4.69, 9.17) is 14.9 Å². The summed E-state index contributed by atoms with van der Waals surface area (Å²) in [6.45, 7) is 3.17. The van der Waals surface area contributed by atoms with E-state index in [1.807, 2.05) is 6.92 Å². The van der Waals surface area contributed by atoms with Crippen LogP contribution in [0.25, 0.3) is 0 Å². The van der Waals surface area contributed by atoms with E-state index in [1.165, 1.54) is 0 Å². The third-order valence-electron chi connectivity index (χ3n) is 3.25. The highest BCUT2D eigenvalue weighted by Crippen LogP contribution is 2.22. The van der Waals surface area contributed by atoms with Crippen molar-refractivity contribution >= 4 is 11.7 Å². The quantitative estimate of drug-likeness (QED) is 0.484. The Balaban J connectivity index is 2.72. The average Bonchev–Trinajstić information content (AvgIpc) is 2.47. The summed E-state index contributed by atoms with van der Waals surface area (Å²) in [6, 6.07) is 5.05. The Morgan fingerprint density at radius 3 is 2.64 bits per heavy atom. The third kappa shape index (κ3) is 6.26. The lowest BCUT2D eigenvalue weighted by molar-refractivity contribution is 0.0692. The molecule has 0 aromatic heterocycles. The number of rotatable bonds is 11. The number of hydrogen-bond acceptors (Lipinski definition) is 4. The summed E-state index contributed by atoms with van der Waals surface area (Å²) < 4.78 is 10.6. The number of hydrogen-bond donors (Lipinski definition) is 2. The van der Waals surface area contributed by atoms with Crippen LogP contribution in [0.3, 0.4) is 0 Å². The van der Waals surface area contributed by atoms with Crippen molar-refractivity contribution in [3.8, 4) is 5.75 Å². The van der Waals surface area contributed by atoms with E-state index < -0.39 is 5.97 Å². The number of carboxylic acids is 1. The van der Waals surface area contributed by atoms with Crippen molar-refractivity contribution in [1.82, 2.24) is 0 Å². The molecule has 0 radical (unpaired) electrons. The zero-order valence-electron chi connectivity index (χ0n) is 13.4. The molecule has 122 valence electrons. The second kappa shape index (κ2) is 9.95. The number of benzene rings is 1. The van der Waals surface area contributed by atoms with Crippen molar-refractivity contribution in [2.24, 2.45) is 0 Å². The highest BCUT2D eigenvalue weighted by molar-refractivity contribution is 5.91. The van der Waals surface area contributed by atoms with Crippen LogP contribution in [-0.2, 0) is 11.2 Å². The molecule has 0 spiro atoms. The van der Waals surface area contributed by atoms with Gasteiger partial charge in [-0.15, -0.1) is 0 Å². The molecule has 0 saturated carbocycles. The maximum absolute atomic E-state index is 11.3. The van der Waals surface area contributed by atoms with Gasteiger partial charge in [0, 0.05) is 25.8 Å². The lowest BCUT2D eigenvalue weighted by atomic mass is 10.0. The van der Waals surface area contributed by atoms with Crippen LogP contribution >= 0.6 is 0 Å². The number of aromatic carboxylic acids is 1. The normalized spacial score (nSPS) is 10.5. The van der Waals surface area contributed by atoms with Crippen LogP contribution in [-0.4, -0.2) is 37.1 Å². The number of nitrogens with one attached hydrogen (secondary N) is 1. The Kier molecular flexibility index (Phi) is 8.22. The van der Waals surface area contributed by atoms with E-state index in [2.05, 4.69) is 0 Å². The lowest BCUT2D eigenvalue weighted by Gasteiger charge is -2.11. The van der Waals surface area contributed by atoms with Crippen LogP contribution in [0.5, 0.6) is 5.75 Å². The minimum Gasteiger partial charge on any atom is -0.493 e. The van der Waals surface area contributed by atoms with E-state index in [9.17, 15) is 9.90 Å².